The summed E-state index contributed by atoms with van der Waals surface area (Å²) in [5.74, 6) is 0.797. The molecule has 1 saturated heterocycles. The highest BCUT2D eigenvalue weighted by molar-refractivity contribution is 7.89. The van der Waals surface area contributed by atoms with Crippen LogP contribution in [0.5, 0.6) is 11.5 Å². The minimum atomic E-state index is -3.52. The molecule has 2 aromatic carbocycles. The van der Waals surface area contributed by atoms with Gasteiger partial charge in [0.2, 0.25) is 22.6 Å². The van der Waals surface area contributed by atoms with E-state index in [4.69, 9.17) is 14.0 Å². The largest absolute Gasteiger partial charge is 0.454 e. The molecule has 0 aliphatic carbocycles. The van der Waals surface area contributed by atoms with Crippen molar-refractivity contribution in [2.75, 3.05) is 19.9 Å². The molecule has 3 aromatic rings. The van der Waals surface area contributed by atoms with Crippen molar-refractivity contribution in [2.24, 2.45) is 0 Å². The van der Waals surface area contributed by atoms with Crippen molar-refractivity contribution in [3.05, 3.63) is 53.9 Å². The van der Waals surface area contributed by atoms with E-state index in [9.17, 15) is 13.2 Å². The highest BCUT2D eigenvalue weighted by Gasteiger charge is 2.26. The van der Waals surface area contributed by atoms with Crippen molar-refractivity contribution in [3.8, 4) is 22.9 Å². The second-order valence-corrected chi connectivity index (χ2v) is 9.72. The lowest BCUT2D eigenvalue weighted by Crippen LogP contribution is -2.35. The molecule has 1 fully saturated rings. The van der Waals surface area contributed by atoms with E-state index in [1.807, 2.05) is 6.07 Å². The Bertz CT molecular complexity index is 1270. The molecule has 3 heterocycles. The smallest absolute Gasteiger partial charge is 0.316 e. The number of piperidine rings is 1. The number of ether oxygens (including phenoxy) is 2. The van der Waals surface area contributed by atoms with Gasteiger partial charge in [-0.3, -0.25) is 4.79 Å². The molecular formula is C22H22N4O6S. The van der Waals surface area contributed by atoms with E-state index in [2.05, 4.69) is 15.5 Å². The summed E-state index contributed by atoms with van der Waals surface area (Å²) in [6.07, 6.45) is 2.80. The fourth-order valence-corrected chi connectivity index (χ4v) is 5.29. The highest BCUT2D eigenvalue weighted by Crippen LogP contribution is 2.32. The van der Waals surface area contributed by atoms with Crippen LogP contribution in [-0.2, 0) is 16.6 Å². The van der Waals surface area contributed by atoms with Crippen molar-refractivity contribution in [1.29, 1.82) is 0 Å². The van der Waals surface area contributed by atoms with E-state index >= 15 is 0 Å². The number of nitrogens with one attached hydrogen (secondary N) is 1. The Kier molecular flexibility index (Phi) is 5.73. The van der Waals surface area contributed by atoms with Gasteiger partial charge in [-0.1, -0.05) is 17.6 Å². The first-order chi connectivity index (χ1) is 16.0. The van der Waals surface area contributed by atoms with Gasteiger partial charge in [0.1, 0.15) is 0 Å². The predicted molar refractivity (Wildman–Crippen MR) is 116 cm³/mol. The number of rotatable bonds is 6. The molecule has 0 unspecified atom stereocenters. The number of benzene rings is 2. The van der Waals surface area contributed by atoms with Gasteiger partial charge in [-0.15, -0.1) is 0 Å². The molecule has 1 aromatic heterocycles. The van der Waals surface area contributed by atoms with Crippen LogP contribution in [0.4, 0.5) is 0 Å². The Morgan fingerprint density at radius 1 is 1.00 bits per heavy atom. The topological polar surface area (TPSA) is 124 Å². The van der Waals surface area contributed by atoms with E-state index in [0.29, 0.717) is 30.2 Å². The summed E-state index contributed by atoms with van der Waals surface area (Å²) in [6.45, 7) is 1.51. The summed E-state index contributed by atoms with van der Waals surface area (Å²) >= 11 is 0. The van der Waals surface area contributed by atoms with Gasteiger partial charge >= 0.3 is 11.8 Å². The molecule has 5 rings (SSSR count). The van der Waals surface area contributed by atoms with Gasteiger partial charge in [0.15, 0.2) is 11.5 Å². The number of hydrogen-bond donors (Lipinski definition) is 1. The van der Waals surface area contributed by atoms with Gasteiger partial charge in [0.05, 0.1) is 4.90 Å². The van der Waals surface area contributed by atoms with Gasteiger partial charge in [0, 0.05) is 25.2 Å². The second kappa shape index (κ2) is 8.83. The molecule has 0 spiro atoms. The third kappa shape index (κ3) is 4.41. The number of aromatic nitrogens is 2. The normalized spacial score (nSPS) is 16.0. The van der Waals surface area contributed by atoms with Crippen LogP contribution >= 0.6 is 0 Å². The molecule has 11 heteroatoms. The van der Waals surface area contributed by atoms with E-state index in [0.717, 1.165) is 24.8 Å². The minimum absolute atomic E-state index is 0.182. The third-order valence-corrected chi connectivity index (χ3v) is 7.49. The molecule has 1 amide bonds. The van der Waals surface area contributed by atoms with Crippen LogP contribution in [0, 0.1) is 0 Å². The first kappa shape index (κ1) is 21.4. The van der Waals surface area contributed by atoms with E-state index in [1.54, 1.807) is 24.3 Å². The summed E-state index contributed by atoms with van der Waals surface area (Å²) in [5, 5.41) is 6.57. The Hall–Kier alpha value is -3.44. The summed E-state index contributed by atoms with van der Waals surface area (Å²) in [7, 11) is -3.52. The zero-order valence-electron chi connectivity index (χ0n) is 17.7. The lowest BCUT2D eigenvalue weighted by molar-refractivity contribution is 0.0907. The number of carbonyl (C=O) groups is 1. The lowest BCUT2D eigenvalue weighted by Gasteiger charge is -2.25. The SMILES string of the molecule is O=C(NCc1ccc2c(c1)OCO2)c1nc(-c2ccc(S(=O)(=O)N3CCCCC3)cc2)no1. The van der Waals surface area contributed by atoms with Crippen molar-refractivity contribution in [2.45, 2.75) is 30.7 Å². The van der Waals surface area contributed by atoms with Gasteiger partial charge in [-0.2, -0.15) is 9.29 Å². The molecule has 172 valence electrons. The molecular weight excluding hydrogens is 448 g/mol. The quantitative estimate of drug-likeness (QED) is 0.583. The van der Waals surface area contributed by atoms with Crippen LogP contribution in [0.1, 0.15) is 35.5 Å². The van der Waals surface area contributed by atoms with Gasteiger partial charge in [-0.25, -0.2) is 8.42 Å². The average Bonchev–Trinajstić information content (AvgIpc) is 3.53. The number of carbonyl (C=O) groups excluding carboxylic acids is 1. The summed E-state index contributed by atoms with van der Waals surface area (Å²) < 4.78 is 42.8. The Morgan fingerprint density at radius 2 is 1.76 bits per heavy atom. The monoisotopic (exact) mass is 470 g/mol. The minimum Gasteiger partial charge on any atom is -0.454 e. The van der Waals surface area contributed by atoms with Crippen LogP contribution in [0.2, 0.25) is 0 Å². The van der Waals surface area contributed by atoms with Crippen LogP contribution in [0.3, 0.4) is 0 Å². The summed E-state index contributed by atoms with van der Waals surface area (Å²) in [4.78, 5) is 16.8. The number of hydrogen-bond acceptors (Lipinski definition) is 8. The zero-order valence-corrected chi connectivity index (χ0v) is 18.5. The number of amides is 1. The van der Waals surface area contributed by atoms with Gasteiger partial charge < -0.3 is 19.3 Å². The maximum atomic E-state index is 12.8. The standard InChI is InChI=1S/C22H22N4O6S/c27-21(23-13-15-4-9-18-19(12-15)31-14-30-18)22-24-20(25-32-22)16-5-7-17(8-6-16)33(28,29)26-10-2-1-3-11-26/h4-9,12H,1-3,10-11,13-14H2,(H,23,27). The molecule has 1 N–H and O–H groups in total. The van der Waals surface area contributed by atoms with Crippen LogP contribution in [0.25, 0.3) is 11.4 Å². The van der Waals surface area contributed by atoms with E-state index < -0.39 is 15.9 Å². The summed E-state index contributed by atoms with van der Waals surface area (Å²) in [5.41, 5.74) is 1.38. The van der Waals surface area contributed by atoms with Crippen molar-refractivity contribution in [3.63, 3.8) is 0 Å². The fourth-order valence-electron chi connectivity index (χ4n) is 3.77. The molecule has 33 heavy (non-hydrogen) atoms. The predicted octanol–water partition coefficient (Wildman–Crippen LogP) is 2.57. The highest BCUT2D eigenvalue weighted by atomic mass is 32.2. The van der Waals surface area contributed by atoms with Crippen molar-refractivity contribution in [1.82, 2.24) is 19.8 Å². The average molecular weight is 471 g/mol. The second-order valence-electron chi connectivity index (χ2n) is 7.78. The Labute approximate surface area is 190 Å². The fraction of sp³-hybridized carbons (Fsp3) is 0.318. The van der Waals surface area contributed by atoms with Crippen LogP contribution < -0.4 is 14.8 Å². The van der Waals surface area contributed by atoms with E-state index in [1.165, 1.54) is 16.4 Å². The molecule has 2 aliphatic rings. The molecule has 10 nitrogen and oxygen atoms in total. The molecule has 0 atom stereocenters. The molecule has 2 aliphatic heterocycles. The van der Waals surface area contributed by atoms with Crippen LogP contribution in [-0.4, -0.2) is 48.7 Å². The molecule has 0 bridgehead atoms. The van der Waals surface area contributed by atoms with Gasteiger partial charge in [0.25, 0.3) is 0 Å². The lowest BCUT2D eigenvalue weighted by atomic mass is 10.2. The molecule has 0 saturated carbocycles. The zero-order chi connectivity index (χ0) is 22.8. The van der Waals surface area contributed by atoms with E-state index in [-0.39, 0.29) is 29.9 Å². The maximum Gasteiger partial charge on any atom is 0.316 e. The first-order valence-corrected chi connectivity index (χ1v) is 12.1. The van der Waals surface area contributed by atoms with Gasteiger partial charge in [-0.05, 0) is 54.8 Å². The number of nitrogens with zero attached hydrogens (tertiary/aromatic N) is 3. The summed E-state index contributed by atoms with van der Waals surface area (Å²) in [6, 6.07) is 11.7. The third-order valence-electron chi connectivity index (χ3n) is 5.58. The maximum absolute atomic E-state index is 12.8. The van der Waals surface area contributed by atoms with Crippen molar-refractivity contribution < 1.29 is 27.2 Å². The first-order valence-electron chi connectivity index (χ1n) is 10.6. The van der Waals surface area contributed by atoms with Crippen molar-refractivity contribution >= 4 is 15.9 Å². The number of sulfonamides is 1. The number of fused-ring (bicyclic) bond motifs is 1. The van der Waals surface area contributed by atoms with Crippen LogP contribution in [0.15, 0.2) is 51.9 Å². The molecule has 0 radical (unpaired) electrons. The Balaban J connectivity index is 1.24. The Morgan fingerprint density at radius 3 is 2.55 bits per heavy atom.